The molecule has 26 heavy (non-hydrogen) atoms. The van der Waals surface area contributed by atoms with E-state index in [9.17, 15) is 9.59 Å². The summed E-state index contributed by atoms with van der Waals surface area (Å²) in [5.41, 5.74) is 0.490. The summed E-state index contributed by atoms with van der Waals surface area (Å²) in [5.74, 6) is 0.776. The predicted octanol–water partition coefficient (Wildman–Crippen LogP) is 3.59. The molecule has 0 radical (unpaired) electrons. The molecule has 2 amide bonds. The number of benzene rings is 1. The van der Waals surface area contributed by atoms with Crippen LogP contribution in [-0.2, 0) is 17.9 Å². The number of amides is 2. The second-order valence-corrected chi connectivity index (χ2v) is 6.51. The molecule has 134 valence electrons. The van der Waals surface area contributed by atoms with Crippen LogP contribution < -0.4 is 5.32 Å². The summed E-state index contributed by atoms with van der Waals surface area (Å²) in [4.78, 5) is 26.4. The van der Waals surface area contributed by atoms with Crippen LogP contribution in [0.4, 0.5) is 0 Å². The normalized spacial score (nSPS) is 10.5. The Kier molecular flexibility index (Phi) is 5.91. The van der Waals surface area contributed by atoms with Gasteiger partial charge in [-0.25, -0.2) is 0 Å². The maximum Gasteiger partial charge on any atom is 0.251 e. The van der Waals surface area contributed by atoms with Gasteiger partial charge in [0.25, 0.3) is 5.91 Å². The molecule has 3 rings (SSSR count). The Morgan fingerprint density at radius 3 is 2.00 bits per heavy atom. The monoisotopic (exact) mass is 416 g/mol. The Hall–Kier alpha value is -2.80. The molecule has 0 aliphatic rings. The van der Waals surface area contributed by atoms with Gasteiger partial charge < -0.3 is 19.1 Å². The van der Waals surface area contributed by atoms with Crippen molar-refractivity contribution in [2.75, 3.05) is 6.54 Å². The average Bonchev–Trinajstić information content (AvgIpc) is 3.33. The molecule has 0 bridgehead atoms. The highest BCUT2D eigenvalue weighted by Crippen LogP contribution is 2.12. The Bertz CT molecular complexity index is 806. The summed E-state index contributed by atoms with van der Waals surface area (Å²) >= 11 is 3.32. The van der Waals surface area contributed by atoms with Crippen LogP contribution in [0.2, 0.25) is 0 Å². The van der Waals surface area contributed by atoms with Gasteiger partial charge in [0.2, 0.25) is 5.91 Å². The third-order valence-corrected chi connectivity index (χ3v) is 4.24. The van der Waals surface area contributed by atoms with Gasteiger partial charge in [-0.3, -0.25) is 9.59 Å². The van der Waals surface area contributed by atoms with Crippen LogP contribution in [-0.4, -0.2) is 23.3 Å². The molecule has 0 saturated carbocycles. The number of furan rings is 2. The quantitative estimate of drug-likeness (QED) is 0.638. The van der Waals surface area contributed by atoms with Crippen molar-refractivity contribution in [1.29, 1.82) is 0 Å². The predicted molar refractivity (Wildman–Crippen MR) is 98.1 cm³/mol. The first kappa shape index (κ1) is 18.0. The molecular weight excluding hydrogens is 400 g/mol. The molecule has 1 aromatic carbocycles. The molecule has 2 heterocycles. The van der Waals surface area contributed by atoms with Crippen LogP contribution in [0.15, 0.2) is 74.4 Å². The minimum Gasteiger partial charge on any atom is -0.467 e. The van der Waals surface area contributed by atoms with Crippen LogP contribution in [0.1, 0.15) is 21.9 Å². The highest BCUT2D eigenvalue weighted by molar-refractivity contribution is 9.10. The topological polar surface area (TPSA) is 75.7 Å². The van der Waals surface area contributed by atoms with Gasteiger partial charge in [-0.15, -0.1) is 0 Å². The van der Waals surface area contributed by atoms with E-state index in [-0.39, 0.29) is 18.4 Å². The lowest BCUT2D eigenvalue weighted by atomic mass is 10.2. The fourth-order valence-corrected chi connectivity index (χ4v) is 2.65. The van der Waals surface area contributed by atoms with Gasteiger partial charge in [-0.2, -0.15) is 0 Å². The molecule has 0 saturated heterocycles. The van der Waals surface area contributed by atoms with Crippen LogP contribution in [0.3, 0.4) is 0 Å². The van der Waals surface area contributed by atoms with Gasteiger partial charge in [0, 0.05) is 10.0 Å². The van der Waals surface area contributed by atoms with E-state index in [0.29, 0.717) is 30.2 Å². The van der Waals surface area contributed by atoms with Crippen molar-refractivity contribution in [1.82, 2.24) is 10.2 Å². The molecule has 0 unspecified atom stereocenters. The molecule has 0 aliphatic heterocycles. The van der Waals surface area contributed by atoms with E-state index < -0.39 is 0 Å². The first-order valence-electron chi connectivity index (χ1n) is 7.98. The second kappa shape index (κ2) is 8.53. The van der Waals surface area contributed by atoms with E-state index in [1.807, 2.05) is 0 Å². The Balaban J connectivity index is 1.62. The van der Waals surface area contributed by atoms with E-state index in [4.69, 9.17) is 8.83 Å². The van der Waals surface area contributed by atoms with Crippen molar-refractivity contribution in [3.05, 3.63) is 82.6 Å². The highest BCUT2D eigenvalue weighted by Gasteiger charge is 2.18. The third kappa shape index (κ3) is 4.86. The lowest BCUT2D eigenvalue weighted by Gasteiger charge is -2.21. The number of nitrogens with one attached hydrogen (secondary N) is 1. The third-order valence-electron chi connectivity index (χ3n) is 3.71. The largest absolute Gasteiger partial charge is 0.467 e. The van der Waals surface area contributed by atoms with Crippen molar-refractivity contribution in [2.45, 2.75) is 13.1 Å². The standard InChI is InChI=1S/C19H17BrN2O4/c20-15-7-5-14(6-8-15)19(24)21-11-18(23)22(12-16-3-1-9-25-16)13-17-4-2-10-26-17/h1-10H,11-13H2,(H,21,24). The molecule has 1 N–H and O–H groups in total. The fraction of sp³-hybridized carbons (Fsp3) is 0.158. The van der Waals surface area contributed by atoms with Crippen molar-refractivity contribution in [3.63, 3.8) is 0 Å². The van der Waals surface area contributed by atoms with E-state index in [1.54, 1.807) is 66.0 Å². The molecule has 2 aromatic heterocycles. The van der Waals surface area contributed by atoms with Crippen LogP contribution in [0.5, 0.6) is 0 Å². The SMILES string of the molecule is O=C(NCC(=O)N(Cc1ccco1)Cc1ccco1)c1ccc(Br)cc1. The van der Waals surface area contributed by atoms with E-state index in [0.717, 1.165) is 4.47 Å². The smallest absolute Gasteiger partial charge is 0.251 e. The summed E-state index contributed by atoms with van der Waals surface area (Å²) < 4.78 is 11.5. The number of hydrogen-bond acceptors (Lipinski definition) is 4. The van der Waals surface area contributed by atoms with Gasteiger partial charge >= 0.3 is 0 Å². The van der Waals surface area contributed by atoms with E-state index in [2.05, 4.69) is 21.2 Å². The average molecular weight is 417 g/mol. The van der Waals surface area contributed by atoms with Gasteiger partial charge in [0.05, 0.1) is 32.2 Å². The van der Waals surface area contributed by atoms with Crippen molar-refractivity contribution < 1.29 is 18.4 Å². The minimum absolute atomic E-state index is 0.115. The summed E-state index contributed by atoms with van der Waals surface area (Å²) in [6.45, 7) is 0.470. The Morgan fingerprint density at radius 2 is 1.50 bits per heavy atom. The zero-order chi connectivity index (χ0) is 18.4. The maximum atomic E-state index is 12.6. The molecule has 3 aromatic rings. The molecule has 0 aliphatic carbocycles. The van der Waals surface area contributed by atoms with E-state index in [1.165, 1.54) is 0 Å². The molecular formula is C19H17BrN2O4. The number of halogens is 1. The van der Waals surface area contributed by atoms with Gasteiger partial charge in [-0.05, 0) is 48.5 Å². The summed E-state index contributed by atoms with van der Waals surface area (Å²) in [5, 5.41) is 2.65. The lowest BCUT2D eigenvalue weighted by Crippen LogP contribution is -2.39. The Labute approximate surface area is 158 Å². The second-order valence-electron chi connectivity index (χ2n) is 5.60. The number of carbonyl (C=O) groups excluding carboxylic acids is 2. The van der Waals surface area contributed by atoms with Gasteiger partial charge in [-0.1, -0.05) is 15.9 Å². The first-order chi connectivity index (χ1) is 12.6. The molecule has 0 atom stereocenters. The Morgan fingerprint density at radius 1 is 0.923 bits per heavy atom. The number of rotatable bonds is 7. The van der Waals surface area contributed by atoms with E-state index >= 15 is 0 Å². The van der Waals surface area contributed by atoms with Crippen molar-refractivity contribution in [2.24, 2.45) is 0 Å². The zero-order valence-electron chi connectivity index (χ0n) is 13.9. The zero-order valence-corrected chi connectivity index (χ0v) is 15.4. The van der Waals surface area contributed by atoms with Crippen molar-refractivity contribution in [3.8, 4) is 0 Å². The van der Waals surface area contributed by atoms with Crippen molar-refractivity contribution >= 4 is 27.7 Å². The lowest BCUT2D eigenvalue weighted by molar-refractivity contribution is -0.131. The number of hydrogen-bond donors (Lipinski definition) is 1. The van der Waals surface area contributed by atoms with Crippen LogP contribution >= 0.6 is 15.9 Å². The number of nitrogens with zero attached hydrogens (tertiary/aromatic N) is 1. The summed E-state index contributed by atoms with van der Waals surface area (Å²) in [6, 6.07) is 14.0. The first-order valence-corrected chi connectivity index (χ1v) is 8.77. The summed E-state index contributed by atoms with van der Waals surface area (Å²) in [6.07, 6.45) is 3.11. The highest BCUT2D eigenvalue weighted by atomic mass is 79.9. The van der Waals surface area contributed by atoms with Gasteiger partial charge in [0.1, 0.15) is 11.5 Å². The van der Waals surface area contributed by atoms with Crippen LogP contribution in [0.25, 0.3) is 0 Å². The minimum atomic E-state index is -0.304. The fourth-order valence-electron chi connectivity index (χ4n) is 2.38. The van der Waals surface area contributed by atoms with Gasteiger partial charge in [0.15, 0.2) is 0 Å². The van der Waals surface area contributed by atoms with Crippen LogP contribution in [0, 0.1) is 0 Å². The summed E-state index contributed by atoms with van der Waals surface area (Å²) in [7, 11) is 0. The molecule has 0 spiro atoms. The maximum absolute atomic E-state index is 12.6. The number of carbonyl (C=O) groups is 2. The molecule has 0 fully saturated rings. The molecule has 6 nitrogen and oxygen atoms in total. The molecule has 7 heteroatoms.